The molecule has 1 rings (SSSR count). The SMILES string of the molecule is COCCCNC(=O)/C(C#N)=C/c1cc(Br)c(OC)c(OC)c1. The topological polar surface area (TPSA) is 80.6 Å². The highest BCUT2D eigenvalue weighted by Gasteiger charge is 2.12. The number of methoxy groups -OCH3 is 3. The second-order valence-corrected chi connectivity index (χ2v) is 5.36. The standard InChI is InChI=1S/C16H19BrN2O4/c1-21-6-4-5-19-16(20)12(10-18)7-11-8-13(17)15(23-3)14(9-11)22-2/h7-9H,4-6H2,1-3H3,(H,19,20)/b12-7+. The molecule has 0 heterocycles. The first-order chi connectivity index (χ1) is 11.1. The van der Waals surface area contributed by atoms with Gasteiger partial charge >= 0.3 is 0 Å². The highest BCUT2D eigenvalue weighted by atomic mass is 79.9. The van der Waals surface area contributed by atoms with E-state index in [1.54, 1.807) is 19.2 Å². The van der Waals surface area contributed by atoms with Gasteiger partial charge in [-0.15, -0.1) is 0 Å². The zero-order chi connectivity index (χ0) is 17.2. The first kappa shape index (κ1) is 19.0. The summed E-state index contributed by atoms with van der Waals surface area (Å²) >= 11 is 3.38. The number of nitrogens with zero attached hydrogens (tertiary/aromatic N) is 1. The molecule has 0 aromatic heterocycles. The Kier molecular flexibility index (Phi) is 8.16. The van der Waals surface area contributed by atoms with Crippen molar-refractivity contribution in [2.45, 2.75) is 6.42 Å². The molecular weight excluding hydrogens is 364 g/mol. The molecule has 0 spiro atoms. The molecule has 0 fully saturated rings. The summed E-state index contributed by atoms with van der Waals surface area (Å²) in [6.07, 6.45) is 2.18. The van der Waals surface area contributed by atoms with Gasteiger partial charge in [0.1, 0.15) is 11.6 Å². The summed E-state index contributed by atoms with van der Waals surface area (Å²) < 4.78 is 16.0. The molecule has 1 aromatic rings. The van der Waals surface area contributed by atoms with Crippen LogP contribution in [-0.2, 0) is 9.53 Å². The fourth-order valence-electron chi connectivity index (χ4n) is 1.85. The summed E-state index contributed by atoms with van der Waals surface area (Å²) in [6.45, 7) is 0.996. The number of ether oxygens (including phenoxy) is 3. The summed E-state index contributed by atoms with van der Waals surface area (Å²) in [7, 11) is 4.65. The van der Waals surface area contributed by atoms with Crippen molar-refractivity contribution in [2.24, 2.45) is 0 Å². The van der Waals surface area contributed by atoms with Crippen LogP contribution in [0.25, 0.3) is 6.08 Å². The van der Waals surface area contributed by atoms with Crippen LogP contribution in [0.1, 0.15) is 12.0 Å². The van der Waals surface area contributed by atoms with E-state index in [0.29, 0.717) is 41.1 Å². The van der Waals surface area contributed by atoms with Crippen LogP contribution >= 0.6 is 15.9 Å². The number of halogens is 1. The lowest BCUT2D eigenvalue weighted by molar-refractivity contribution is -0.117. The predicted molar refractivity (Wildman–Crippen MR) is 90.3 cm³/mol. The maximum atomic E-state index is 12.0. The van der Waals surface area contributed by atoms with Crippen LogP contribution in [0, 0.1) is 11.3 Å². The highest BCUT2D eigenvalue weighted by molar-refractivity contribution is 9.10. The summed E-state index contributed by atoms with van der Waals surface area (Å²) in [5.74, 6) is 0.632. The van der Waals surface area contributed by atoms with Crippen LogP contribution in [0.2, 0.25) is 0 Å². The van der Waals surface area contributed by atoms with Crippen LogP contribution < -0.4 is 14.8 Å². The van der Waals surface area contributed by atoms with Gasteiger partial charge in [0, 0.05) is 20.3 Å². The van der Waals surface area contributed by atoms with E-state index >= 15 is 0 Å². The third-order valence-corrected chi connectivity index (χ3v) is 3.53. The van der Waals surface area contributed by atoms with Crippen molar-refractivity contribution in [1.29, 1.82) is 5.26 Å². The number of benzene rings is 1. The van der Waals surface area contributed by atoms with Crippen LogP contribution in [-0.4, -0.2) is 40.4 Å². The molecule has 0 unspecified atom stereocenters. The molecule has 0 bridgehead atoms. The molecule has 23 heavy (non-hydrogen) atoms. The summed E-state index contributed by atoms with van der Waals surface area (Å²) in [6, 6.07) is 5.35. The van der Waals surface area contributed by atoms with Gasteiger partial charge in [-0.2, -0.15) is 5.26 Å². The van der Waals surface area contributed by atoms with Gasteiger partial charge in [-0.1, -0.05) is 0 Å². The Morgan fingerprint density at radius 1 is 1.35 bits per heavy atom. The fourth-order valence-corrected chi connectivity index (χ4v) is 2.47. The molecule has 0 radical (unpaired) electrons. The average Bonchev–Trinajstić information content (AvgIpc) is 2.55. The molecule has 1 N–H and O–H groups in total. The third-order valence-electron chi connectivity index (χ3n) is 2.94. The average molecular weight is 383 g/mol. The van der Waals surface area contributed by atoms with Gasteiger partial charge in [-0.3, -0.25) is 4.79 Å². The molecule has 0 aliphatic heterocycles. The van der Waals surface area contributed by atoms with Gasteiger partial charge in [0.25, 0.3) is 5.91 Å². The zero-order valence-electron chi connectivity index (χ0n) is 13.3. The number of nitrogens with one attached hydrogen (secondary N) is 1. The Bertz CT molecular complexity index is 623. The van der Waals surface area contributed by atoms with E-state index in [-0.39, 0.29) is 5.57 Å². The van der Waals surface area contributed by atoms with Crippen molar-refractivity contribution in [3.63, 3.8) is 0 Å². The summed E-state index contributed by atoms with van der Waals surface area (Å²) in [5.41, 5.74) is 0.666. The first-order valence-electron chi connectivity index (χ1n) is 6.87. The smallest absolute Gasteiger partial charge is 0.261 e. The van der Waals surface area contributed by atoms with Gasteiger partial charge < -0.3 is 19.5 Å². The van der Waals surface area contributed by atoms with Gasteiger partial charge in [-0.25, -0.2) is 0 Å². The van der Waals surface area contributed by atoms with E-state index in [2.05, 4.69) is 21.2 Å². The van der Waals surface area contributed by atoms with E-state index in [0.717, 1.165) is 0 Å². The fraction of sp³-hybridized carbons (Fsp3) is 0.375. The largest absolute Gasteiger partial charge is 0.493 e. The molecule has 0 aliphatic rings. The third kappa shape index (κ3) is 5.58. The Labute approximate surface area is 144 Å². The van der Waals surface area contributed by atoms with Crippen LogP contribution in [0.5, 0.6) is 11.5 Å². The first-order valence-corrected chi connectivity index (χ1v) is 7.67. The van der Waals surface area contributed by atoms with Gasteiger partial charge in [-0.05, 0) is 46.1 Å². The van der Waals surface area contributed by atoms with Gasteiger partial charge in [0.2, 0.25) is 0 Å². The Morgan fingerprint density at radius 3 is 2.65 bits per heavy atom. The lowest BCUT2D eigenvalue weighted by Crippen LogP contribution is -2.26. The second-order valence-electron chi connectivity index (χ2n) is 4.51. The minimum atomic E-state index is -0.422. The molecule has 1 amide bonds. The van der Waals surface area contributed by atoms with Crippen molar-refractivity contribution >= 4 is 27.9 Å². The Morgan fingerprint density at radius 2 is 2.09 bits per heavy atom. The molecule has 0 atom stereocenters. The molecule has 6 nitrogen and oxygen atoms in total. The number of carbonyl (C=O) groups excluding carboxylic acids is 1. The normalized spacial score (nSPS) is 10.8. The predicted octanol–water partition coefficient (Wildman–Crippen LogP) is 2.53. The van der Waals surface area contributed by atoms with E-state index in [1.807, 2.05) is 6.07 Å². The van der Waals surface area contributed by atoms with Crippen molar-refractivity contribution < 1.29 is 19.0 Å². The molecule has 0 aliphatic carbocycles. The van der Waals surface area contributed by atoms with E-state index in [4.69, 9.17) is 14.2 Å². The van der Waals surface area contributed by atoms with E-state index in [1.165, 1.54) is 20.3 Å². The van der Waals surface area contributed by atoms with Crippen LogP contribution in [0.15, 0.2) is 22.2 Å². The summed E-state index contributed by atoms with van der Waals surface area (Å²) in [4.78, 5) is 12.0. The summed E-state index contributed by atoms with van der Waals surface area (Å²) in [5, 5.41) is 11.9. The Hall–Kier alpha value is -2.04. The highest BCUT2D eigenvalue weighted by Crippen LogP contribution is 2.36. The number of hydrogen-bond acceptors (Lipinski definition) is 5. The van der Waals surface area contributed by atoms with Crippen LogP contribution in [0.4, 0.5) is 0 Å². The Balaban J connectivity index is 2.96. The minimum absolute atomic E-state index is 0.0153. The minimum Gasteiger partial charge on any atom is -0.493 e. The quantitative estimate of drug-likeness (QED) is 0.424. The van der Waals surface area contributed by atoms with E-state index in [9.17, 15) is 10.1 Å². The number of amides is 1. The number of rotatable bonds is 8. The molecule has 7 heteroatoms. The van der Waals surface area contributed by atoms with E-state index < -0.39 is 5.91 Å². The van der Waals surface area contributed by atoms with Crippen molar-refractivity contribution in [1.82, 2.24) is 5.32 Å². The maximum Gasteiger partial charge on any atom is 0.261 e. The number of nitriles is 1. The molecule has 1 aromatic carbocycles. The number of hydrogen-bond donors (Lipinski definition) is 1. The van der Waals surface area contributed by atoms with Gasteiger partial charge in [0.15, 0.2) is 11.5 Å². The molecular formula is C16H19BrN2O4. The van der Waals surface area contributed by atoms with Crippen molar-refractivity contribution in [3.8, 4) is 17.6 Å². The molecule has 124 valence electrons. The number of carbonyl (C=O) groups is 1. The molecule has 0 saturated heterocycles. The maximum absolute atomic E-state index is 12.0. The lowest BCUT2D eigenvalue weighted by Gasteiger charge is -2.10. The van der Waals surface area contributed by atoms with Crippen molar-refractivity contribution in [2.75, 3.05) is 34.5 Å². The molecule has 0 saturated carbocycles. The van der Waals surface area contributed by atoms with Crippen LogP contribution in [0.3, 0.4) is 0 Å². The monoisotopic (exact) mass is 382 g/mol. The van der Waals surface area contributed by atoms with Crippen molar-refractivity contribution in [3.05, 3.63) is 27.7 Å². The zero-order valence-corrected chi connectivity index (χ0v) is 14.9. The lowest BCUT2D eigenvalue weighted by atomic mass is 10.1. The second kappa shape index (κ2) is 9.87. The van der Waals surface area contributed by atoms with Gasteiger partial charge in [0.05, 0.1) is 18.7 Å².